The summed E-state index contributed by atoms with van der Waals surface area (Å²) in [6.07, 6.45) is 0. The third-order valence-corrected chi connectivity index (χ3v) is 8.19. The Morgan fingerprint density at radius 3 is 1.70 bits per heavy atom. The van der Waals surface area contributed by atoms with Crippen LogP contribution in [-0.4, -0.2) is 13.3 Å². The molecule has 0 spiro atoms. The van der Waals surface area contributed by atoms with E-state index in [0.717, 1.165) is 5.75 Å². The lowest BCUT2D eigenvalue weighted by Crippen LogP contribution is -2.31. The van der Waals surface area contributed by atoms with Crippen molar-refractivity contribution in [3.05, 3.63) is 84.9 Å². The number of hydrogen-bond donors (Lipinski definition) is 0. The van der Waals surface area contributed by atoms with Gasteiger partial charge in [-0.1, -0.05) is 48.5 Å². The second kappa shape index (κ2) is 6.98. The second-order valence-corrected chi connectivity index (χ2v) is 9.11. The molecule has 1 nitrogen and oxygen atoms in total. The van der Waals surface area contributed by atoms with E-state index in [0.29, 0.717) is 6.61 Å². The van der Waals surface area contributed by atoms with Crippen molar-refractivity contribution < 1.29 is 4.74 Å². The Hall–Kier alpha value is -2.11. The molecule has 0 unspecified atom stereocenters. The van der Waals surface area contributed by atoms with Crippen LogP contribution in [0.1, 0.15) is 6.92 Å². The Kier molecular flexibility index (Phi) is 4.79. The van der Waals surface area contributed by atoms with Gasteiger partial charge >= 0.3 is 0 Å². The van der Waals surface area contributed by atoms with Crippen LogP contribution in [0, 0.1) is 0 Å². The molecule has 0 saturated carbocycles. The van der Waals surface area contributed by atoms with Gasteiger partial charge in [-0.2, -0.15) is 0 Å². The number of para-hydroxylation sites is 1. The second-order valence-electron chi connectivity index (χ2n) is 5.58. The van der Waals surface area contributed by atoms with Gasteiger partial charge in [0.1, 0.15) is 23.2 Å². The van der Waals surface area contributed by atoms with E-state index in [2.05, 4.69) is 91.6 Å². The zero-order valence-electron chi connectivity index (χ0n) is 13.6. The molecule has 0 aliphatic heterocycles. The molecule has 116 valence electrons. The predicted octanol–water partition coefficient (Wildman–Crippen LogP) is 4.01. The Morgan fingerprint density at radius 1 is 0.696 bits per heavy atom. The highest BCUT2D eigenvalue weighted by Crippen LogP contribution is 2.53. The van der Waals surface area contributed by atoms with Gasteiger partial charge in [-0.3, -0.25) is 0 Å². The zero-order valence-corrected chi connectivity index (χ0v) is 14.5. The van der Waals surface area contributed by atoms with E-state index in [4.69, 9.17) is 4.74 Å². The highest BCUT2D eigenvalue weighted by Gasteiger charge is 2.42. The third-order valence-electron chi connectivity index (χ3n) is 4.19. The van der Waals surface area contributed by atoms with E-state index in [1.165, 1.54) is 15.9 Å². The van der Waals surface area contributed by atoms with Crippen LogP contribution in [0.4, 0.5) is 0 Å². The lowest BCUT2D eigenvalue weighted by molar-refractivity contribution is 0.343. The van der Waals surface area contributed by atoms with Crippen molar-refractivity contribution in [1.29, 1.82) is 0 Å². The van der Waals surface area contributed by atoms with Crippen molar-refractivity contribution in [2.75, 3.05) is 13.3 Å². The van der Waals surface area contributed by atoms with Crippen LogP contribution in [-0.2, 0) is 0 Å². The highest BCUT2D eigenvalue weighted by molar-refractivity contribution is 7.95. The maximum atomic E-state index is 5.95. The Balaban J connectivity index is 2.26. The van der Waals surface area contributed by atoms with Gasteiger partial charge in [-0.15, -0.1) is 0 Å². The van der Waals surface area contributed by atoms with Gasteiger partial charge in [0.2, 0.25) is 0 Å². The minimum atomic E-state index is -1.72. The summed E-state index contributed by atoms with van der Waals surface area (Å²) in [4.78, 5) is 0. The van der Waals surface area contributed by atoms with Gasteiger partial charge in [-0.05, 0) is 43.3 Å². The summed E-state index contributed by atoms with van der Waals surface area (Å²) in [6.45, 7) is 5.10. The van der Waals surface area contributed by atoms with Crippen molar-refractivity contribution in [2.45, 2.75) is 6.92 Å². The summed E-state index contributed by atoms with van der Waals surface area (Å²) >= 11 is 0. The van der Waals surface area contributed by atoms with E-state index in [1.54, 1.807) is 0 Å². The SMILES string of the molecule is CCOc1ccccc1[P+](C)(c1ccccc1)c1ccccc1. The van der Waals surface area contributed by atoms with Crippen LogP contribution in [0.15, 0.2) is 84.9 Å². The molecule has 0 atom stereocenters. The molecule has 0 heterocycles. The molecule has 3 aromatic carbocycles. The van der Waals surface area contributed by atoms with Gasteiger partial charge in [0.05, 0.1) is 13.3 Å². The molecule has 0 aromatic heterocycles. The van der Waals surface area contributed by atoms with Crippen molar-refractivity contribution in [3.63, 3.8) is 0 Å². The van der Waals surface area contributed by atoms with E-state index in [1.807, 2.05) is 6.92 Å². The van der Waals surface area contributed by atoms with Crippen molar-refractivity contribution >= 4 is 23.2 Å². The molecule has 0 aliphatic rings. The summed E-state index contributed by atoms with van der Waals surface area (Å²) < 4.78 is 5.95. The lowest BCUT2D eigenvalue weighted by Gasteiger charge is -2.24. The molecule has 0 bridgehead atoms. The normalized spacial score (nSPS) is 11.2. The monoisotopic (exact) mass is 321 g/mol. The first kappa shape index (κ1) is 15.8. The Morgan fingerprint density at radius 2 is 1.17 bits per heavy atom. The first-order valence-electron chi connectivity index (χ1n) is 7.97. The molecule has 23 heavy (non-hydrogen) atoms. The lowest BCUT2D eigenvalue weighted by atomic mass is 10.3. The molecule has 0 fully saturated rings. The number of rotatable bonds is 5. The summed E-state index contributed by atoms with van der Waals surface area (Å²) in [5.74, 6) is 0.999. The first-order valence-corrected chi connectivity index (χ1v) is 10.2. The fourth-order valence-corrected chi connectivity index (χ4v) is 6.34. The molecule has 0 aliphatic carbocycles. The molecule has 0 saturated heterocycles. The van der Waals surface area contributed by atoms with E-state index in [9.17, 15) is 0 Å². The van der Waals surface area contributed by atoms with Gasteiger partial charge in [0.15, 0.2) is 5.75 Å². The maximum Gasteiger partial charge on any atom is 0.162 e. The van der Waals surface area contributed by atoms with Crippen LogP contribution < -0.4 is 20.7 Å². The van der Waals surface area contributed by atoms with Crippen LogP contribution in [0.5, 0.6) is 5.75 Å². The smallest absolute Gasteiger partial charge is 0.162 e. The fraction of sp³-hybridized carbons (Fsp3) is 0.143. The minimum absolute atomic E-state index is 0.681. The molecule has 2 heteroatoms. The molecular formula is C21H22OP+. The molecule has 0 N–H and O–H groups in total. The van der Waals surface area contributed by atoms with Gasteiger partial charge < -0.3 is 4.74 Å². The number of hydrogen-bond acceptors (Lipinski definition) is 1. The third kappa shape index (κ3) is 3.02. The average molecular weight is 321 g/mol. The summed E-state index contributed by atoms with van der Waals surface area (Å²) in [5, 5.41) is 4.05. The molecule has 0 radical (unpaired) electrons. The standard InChI is InChI=1S/C21H22OP/c1-3-22-20-16-10-11-17-21(20)23(2,18-12-6-4-7-13-18)19-14-8-5-9-15-19/h4-17H,3H2,1-2H3/q+1. The van der Waals surface area contributed by atoms with Crippen molar-refractivity contribution in [2.24, 2.45) is 0 Å². The van der Waals surface area contributed by atoms with Crippen molar-refractivity contribution in [3.8, 4) is 5.75 Å². The predicted molar refractivity (Wildman–Crippen MR) is 102 cm³/mol. The average Bonchev–Trinajstić information content (AvgIpc) is 2.63. The molecule has 3 aromatic rings. The number of ether oxygens (including phenoxy) is 1. The van der Waals surface area contributed by atoms with Crippen LogP contribution in [0.3, 0.4) is 0 Å². The Labute approximate surface area is 139 Å². The van der Waals surface area contributed by atoms with Crippen LogP contribution in [0.2, 0.25) is 0 Å². The van der Waals surface area contributed by atoms with E-state index >= 15 is 0 Å². The summed E-state index contributed by atoms with van der Waals surface area (Å²) in [5.41, 5.74) is 0. The molecule has 3 rings (SSSR count). The largest absolute Gasteiger partial charge is 0.490 e. The van der Waals surface area contributed by atoms with Crippen molar-refractivity contribution in [1.82, 2.24) is 0 Å². The minimum Gasteiger partial charge on any atom is -0.490 e. The highest BCUT2D eigenvalue weighted by atomic mass is 31.2. The van der Waals surface area contributed by atoms with E-state index in [-0.39, 0.29) is 0 Å². The van der Waals surface area contributed by atoms with Gasteiger partial charge in [0, 0.05) is 0 Å². The van der Waals surface area contributed by atoms with Crippen LogP contribution in [0.25, 0.3) is 0 Å². The quantitative estimate of drug-likeness (QED) is 0.645. The van der Waals surface area contributed by atoms with Gasteiger partial charge in [-0.25, -0.2) is 0 Å². The fourth-order valence-electron chi connectivity index (χ4n) is 2.98. The Bertz CT molecular complexity index is 714. The first-order chi connectivity index (χ1) is 11.3. The molecule has 0 amide bonds. The summed E-state index contributed by atoms with van der Waals surface area (Å²) in [6, 6.07) is 30.1. The zero-order chi connectivity index (χ0) is 16.1. The topological polar surface area (TPSA) is 9.23 Å². The van der Waals surface area contributed by atoms with E-state index < -0.39 is 7.26 Å². The summed E-state index contributed by atoms with van der Waals surface area (Å²) in [7, 11) is -1.72. The molecular weight excluding hydrogens is 299 g/mol. The number of benzene rings is 3. The van der Waals surface area contributed by atoms with Crippen LogP contribution >= 0.6 is 7.26 Å². The maximum absolute atomic E-state index is 5.95. The van der Waals surface area contributed by atoms with Gasteiger partial charge in [0.25, 0.3) is 0 Å².